The summed E-state index contributed by atoms with van der Waals surface area (Å²) >= 11 is 0. The molecule has 0 aliphatic carbocycles. The van der Waals surface area contributed by atoms with Crippen LogP contribution in [-0.4, -0.2) is 66.3 Å². The Balaban J connectivity index is 4.11. The number of carbonyl (C=O) groups is 1. The quantitative estimate of drug-likeness (QED) is 0.0243. The summed E-state index contributed by atoms with van der Waals surface area (Å²) in [5.74, 6) is -0.390. The molecule has 0 aromatic carbocycles. The molecule has 3 atom stereocenters. The molecule has 0 amide bonds. The fraction of sp³-hybridized carbons (Fsp3) is 0.925. The third kappa shape index (κ3) is 37.0. The molecular formula is C40H79O9P. The predicted molar refractivity (Wildman–Crippen MR) is 205 cm³/mol. The molecule has 0 fully saturated rings. The van der Waals surface area contributed by atoms with Crippen molar-refractivity contribution in [2.75, 3.05) is 33.0 Å². The van der Waals surface area contributed by atoms with E-state index >= 15 is 0 Å². The van der Waals surface area contributed by atoms with E-state index in [2.05, 4.69) is 26.0 Å². The second-order valence-electron chi connectivity index (χ2n) is 14.0. The van der Waals surface area contributed by atoms with Gasteiger partial charge in [0.2, 0.25) is 0 Å². The topological polar surface area (TPSA) is 132 Å². The molecular weight excluding hydrogens is 655 g/mol. The summed E-state index contributed by atoms with van der Waals surface area (Å²) in [6.45, 7) is 3.50. The van der Waals surface area contributed by atoms with Crippen LogP contribution in [0.1, 0.15) is 194 Å². The van der Waals surface area contributed by atoms with Crippen LogP contribution < -0.4 is 0 Å². The molecule has 1 unspecified atom stereocenters. The number of ether oxygens (including phenoxy) is 2. The zero-order valence-electron chi connectivity index (χ0n) is 32.4. The molecule has 0 aromatic heterocycles. The second kappa shape index (κ2) is 37.9. The maximum Gasteiger partial charge on any atom is 0.472 e. The summed E-state index contributed by atoms with van der Waals surface area (Å²) in [5.41, 5.74) is 0. The molecule has 10 heteroatoms. The van der Waals surface area contributed by atoms with E-state index in [0.29, 0.717) is 6.61 Å². The first-order chi connectivity index (χ1) is 24.3. The average Bonchev–Trinajstić information content (AvgIpc) is 3.10. The SMILES string of the molecule is CCCC/C=C\CCCCCCCC(=O)O[C@H](COCCCCCCCCCCCCCCCCCCCC)COP(=O)(O)OC[C@@H](O)CO. The Hall–Kier alpha value is -0.800. The van der Waals surface area contributed by atoms with Gasteiger partial charge in [-0.2, -0.15) is 0 Å². The number of hydrogen-bond acceptors (Lipinski definition) is 8. The lowest BCUT2D eigenvalue weighted by molar-refractivity contribution is -0.154. The summed E-state index contributed by atoms with van der Waals surface area (Å²) in [4.78, 5) is 22.5. The van der Waals surface area contributed by atoms with E-state index in [1.54, 1.807) is 0 Å². The van der Waals surface area contributed by atoms with Crippen LogP contribution in [0.4, 0.5) is 0 Å². The van der Waals surface area contributed by atoms with E-state index < -0.39 is 39.2 Å². The molecule has 0 bridgehead atoms. The molecule has 0 aliphatic rings. The van der Waals surface area contributed by atoms with Gasteiger partial charge in [0.25, 0.3) is 0 Å². The third-order valence-electron chi connectivity index (χ3n) is 8.95. The van der Waals surface area contributed by atoms with Gasteiger partial charge in [-0.1, -0.05) is 167 Å². The highest BCUT2D eigenvalue weighted by atomic mass is 31.2. The van der Waals surface area contributed by atoms with Crippen molar-refractivity contribution < 1.29 is 43.0 Å². The van der Waals surface area contributed by atoms with Crippen molar-refractivity contribution in [1.82, 2.24) is 0 Å². The number of phosphoric acid groups is 1. The highest BCUT2D eigenvalue weighted by molar-refractivity contribution is 7.47. The van der Waals surface area contributed by atoms with Crippen molar-refractivity contribution >= 4 is 13.8 Å². The third-order valence-corrected chi connectivity index (χ3v) is 9.90. The fourth-order valence-corrected chi connectivity index (χ4v) is 6.54. The minimum absolute atomic E-state index is 0.0513. The predicted octanol–water partition coefficient (Wildman–Crippen LogP) is 10.9. The summed E-state index contributed by atoms with van der Waals surface area (Å²) in [5, 5.41) is 18.3. The van der Waals surface area contributed by atoms with Gasteiger partial charge in [-0.15, -0.1) is 0 Å². The number of phosphoric ester groups is 1. The molecule has 3 N–H and O–H groups in total. The maximum absolute atomic E-state index is 12.5. The van der Waals surface area contributed by atoms with Gasteiger partial charge >= 0.3 is 13.8 Å². The molecule has 50 heavy (non-hydrogen) atoms. The van der Waals surface area contributed by atoms with Crippen LogP contribution >= 0.6 is 7.82 Å². The number of aliphatic hydroxyl groups excluding tert-OH is 2. The monoisotopic (exact) mass is 735 g/mol. The molecule has 0 radical (unpaired) electrons. The lowest BCUT2D eigenvalue weighted by Crippen LogP contribution is -2.29. The first-order valence-electron chi connectivity index (χ1n) is 20.7. The largest absolute Gasteiger partial charge is 0.472 e. The normalized spacial score (nSPS) is 14.3. The van der Waals surface area contributed by atoms with Crippen molar-refractivity contribution in [1.29, 1.82) is 0 Å². The Bertz CT molecular complexity index is 795. The van der Waals surface area contributed by atoms with Gasteiger partial charge < -0.3 is 24.6 Å². The van der Waals surface area contributed by atoms with Gasteiger partial charge in [-0.05, 0) is 32.1 Å². The highest BCUT2D eigenvalue weighted by Crippen LogP contribution is 2.43. The Labute approximate surface area is 307 Å². The van der Waals surface area contributed by atoms with Crippen LogP contribution in [0.5, 0.6) is 0 Å². The molecule has 0 saturated carbocycles. The van der Waals surface area contributed by atoms with Crippen LogP contribution in [0, 0.1) is 0 Å². The van der Waals surface area contributed by atoms with E-state index in [0.717, 1.165) is 57.8 Å². The standard InChI is InChI=1S/C40H79O9P/c1-3-5-7-9-11-13-15-16-17-18-19-20-21-23-25-27-29-31-33-46-36-39(37-48-50(44,45)47-35-38(42)34-41)49-40(43)32-30-28-26-24-22-14-12-10-8-6-4-2/h10,12,38-39,41-42H,3-9,11,13-37H2,1-2H3,(H,44,45)/b12-10-/t38-,39+/m0/s1. The van der Waals surface area contributed by atoms with E-state index in [1.807, 2.05) is 0 Å². The molecule has 0 aromatic rings. The van der Waals surface area contributed by atoms with Crippen molar-refractivity contribution in [3.8, 4) is 0 Å². The number of allylic oxidation sites excluding steroid dienone is 2. The van der Waals surface area contributed by atoms with Crippen molar-refractivity contribution in [3.63, 3.8) is 0 Å². The number of hydrogen-bond donors (Lipinski definition) is 3. The average molecular weight is 735 g/mol. The number of aliphatic hydroxyl groups is 2. The molecule has 0 aliphatic heterocycles. The number of rotatable bonds is 40. The Morgan fingerprint density at radius 1 is 0.600 bits per heavy atom. The summed E-state index contributed by atoms with van der Waals surface area (Å²) in [6, 6.07) is 0. The van der Waals surface area contributed by atoms with Crippen LogP contribution in [0.25, 0.3) is 0 Å². The maximum atomic E-state index is 12.5. The molecule has 0 heterocycles. The lowest BCUT2D eigenvalue weighted by atomic mass is 10.0. The minimum atomic E-state index is -4.51. The first-order valence-corrected chi connectivity index (χ1v) is 22.2. The number of unbranched alkanes of at least 4 members (excludes halogenated alkanes) is 24. The summed E-state index contributed by atoms with van der Waals surface area (Å²) in [7, 11) is -4.51. The van der Waals surface area contributed by atoms with Crippen molar-refractivity contribution in [3.05, 3.63) is 12.2 Å². The van der Waals surface area contributed by atoms with E-state index in [1.165, 1.54) is 116 Å². The van der Waals surface area contributed by atoms with Gasteiger partial charge in [0.1, 0.15) is 12.2 Å². The molecule has 9 nitrogen and oxygen atoms in total. The molecule has 0 spiro atoms. The Kier molecular flexibility index (Phi) is 37.3. The van der Waals surface area contributed by atoms with E-state index in [-0.39, 0.29) is 19.6 Å². The molecule has 298 valence electrons. The zero-order chi connectivity index (χ0) is 36.8. The van der Waals surface area contributed by atoms with Gasteiger partial charge in [0.05, 0.1) is 26.4 Å². The smallest absolute Gasteiger partial charge is 0.457 e. The van der Waals surface area contributed by atoms with Crippen LogP contribution in [0.3, 0.4) is 0 Å². The molecule has 0 rings (SSSR count). The minimum Gasteiger partial charge on any atom is -0.457 e. The summed E-state index contributed by atoms with van der Waals surface area (Å²) in [6.07, 6.45) is 36.0. The lowest BCUT2D eigenvalue weighted by Gasteiger charge is -2.20. The van der Waals surface area contributed by atoms with Crippen LogP contribution in [0.2, 0.25) is 0 Å². The van der Waals surface area contributed by atoms with Gasteiger partial charge in [0.15, 0.2) is 0 Å². The fourth-order valence-electron chi connectivity index (χ4n) is 5.75. The van der Waals surface area contributed by atoms with Gasteiger partial charge in [-0.3, -0.25) is 13.8 Å². The number of carbonyl (C=O) groups excluding carboxylic acids is 1. The van der Waals surface area contributed by atoms with Crippen molar-refractivity contribution in [2.45, 2.75) is 206 Å². The molecule has 0 saturated heterocycles. The summed E-state index contributed by atoms with van der Waals surface area (Å²) < 4.78 is 33.3. The Morgan fingerprint density at radius 3 is 1.56 bits per heavy atom. The second-order valence-corrected chi connectivity index (χ2v) is 15.5. The van der Waals surface area contributed by atoms with Crippen LogP contribution in [-0.2, 0) is 27.9 Å². The zero-order valence-corrected chi connectivity index (χ0v) is 33.3. The van der Waals surface area contributed by atoms with Crippen LogP contribution in [0.15, 0.2) is 12.2 Å². The van der Waals surface area contributed by atoms with Gasteiger partial charge in [0, 0.05) is 13.0 Å². The Morgan fingerprint density at radius 2 is 1.04 bits per heavy atom. The number of esters is 1. The van der Waals surface area contributed by atoms with Crippen molar-refractivity contribution in [2.24, 2.45) is 0 Å². The van der Waals surface area contributed by atoms with Gasteiger partial charge in [-0.25, -0.2) is 4.57 Å². The first kappa shape index (κ1) is 49.2. The highest BCUT2D eigenvalue weighted by Gasteiger charge is 2.26. The van der Waals surface area contributed by atoms with E-state index in [9.17, 15) is 19.4 Å². The van der Waals surface area contributed by atoms with E-state index in [4.69, 9.17) is 23.6 Å².